The summed E-state index contributed by atoms with van der Waals surface area (Å²) in [6, 6.07) is 6.05. The van der Waals surface area contributed by atoms with Gasteiger partial charge in [-0.3, -0.25) is 10.1 Å². The Hall–Kier alpha value is -2.17. The normalized spacial score (nSPS) is 11.7. The molecular weight excluding hydrogens is 234 g/mol. The van der Waals surface area contributed by atoms with Crippen LogP contribution in [0, 0.1) is 10.1 Å². The van der Waals surface area contributed by atoms with Crippen molar-refractivity contribution in [1.29, 1.82) is 0 Å². The van der Waals surface area contributed by atoms with Crippen molar-refractivity contribution in [2.75, 3.05) is 6.61 Å². The van der Waals surface area contributed by atoms with Crippen molar-refractivity contribution >= 4 is 11.7 Å². The standard InChI is InChI=1S/C13H15NO4/c1-4-18-13(15)10(3)9(2)11-5-7-12(8-6-11)14(16)17/h5-9H,3-4H2,1-2H3. The molecule has 0 saturated carbocycles. The van der Waals surface area contributed by atoms with E-state index in [-0.39, 0.29) is 11.6 Å². The van der Waals surface area contributed by atoms with Crippen LogP contribution in [-0.2, 0) is 9.53 Å². The lowest BCUT2D eigenvalue weighted by molar-refractivity contribution is -0.384. The van der Waals surface area contributed by atoms with Crippen LogP contribution in [0.4, 0.5) is 5.69 Å². The van der Waals surface area contributed by atoms with Gasteiger partial charge in [0.25, 0.3) is 5.69 Å². The van der Waals surface area contributed by atoms with Gasteiger partial charge in [-0.1, -0.05) is 25.6 Å². The molecule has 0 N–H and O–H groups in total. The Kier molecular flexibility index (Phi) is 4.59. The summed E-state index contributed by atoms with van der Waals surface area (Å²) < 4.78 is 4.86. The molecule has 96 valence electrons. The van der Waals surface area contributed by atoms with Gasteiger partial charge >= 0.3 is 5.97 Å². The molecule has 0 aliphatic carbocycles. The van der Waals surface area contributed by atoms with Crippen molar-refractivity contribution in [3.8, 4) is 0 Å². The number of benzene rings is 1. The Balaban J connectivity index is 2.84. The molecular formula is C13H15NO4. The lowest BCUT2D eigenvalue weighted by atomic mass is 9.94. The van der Waals surface area contributed by atoms with Gasteiger partial charge < -0.3 is 4.74 Å². The maximum absolute atomic E-state index is 11.5. The third-order valence-electron chi connectivity index (χ3n) is 2.66. The van der Waals surface area contributed by atoms with Crippen molar-refractivity contribution in [2.24, 2.45) is 0 Å². The molecule has 0 radical (unpaired) electrons. The summed E-state index contributed by atoms with van der Waals surface area (Å²) in [5.41, 5.74) is 1.15. The average molecular weight is 249 g/mol. The third-order valence-corrected chi connectivity index (χ3v) is 2.66. The molecule has 1 unspecified atom stereocenters. The van der Waals surface area contributed by atoms with Gasteiger partial charge in [-0.25, -0.2) is 4.79 Å². The summed E-state index contributed by atoms with van der Waals surface area (Å²) in [4.78, 5) is 21.6. The fraction of sp³-hybridized carbons (Fsp3) is 0.308. The minimum Gasteiger partial charge on any atom is -0.463 e. The number of nitro benzene ring substituents is 1. The van der Waals surface area contributed by atoms with Crippen LogP contribution < -0.4 is 0 Å². The highest BCUT2D eigenvalue weighted by atomic mass is 16.6. The van der Waals surface area contributed by atoms with Gasteiger partial charge in [0.05, 0.1) is 11.5 Å². The number of hydrogen-bond acceptors (Lipinski definition) is 4. The summed E-state index contributed by atoms with van der Waals surface area (Å²) in [6.45, 7) is 7.53. The monoisotopic (exact) mass is 249 g/mol. The van der Waals surface area contributed by atoms with Crippen LogP contribution in [0.1, 0.15) is 25.3 Å². The summed E-state index contributed by atoms with van der Waals surface area (Å²) in [5.74, 6) is -0.673. The van der Waals surface area contributed by atoms with Crippen molar-refractivity contribution in [2.45, 2.75) is 19.8 Å². The van der Waals surface area contributed by atoms with E-state index in [9.17, 15) is 14.9 Å². The Morgan fingerprint density at radius 3 is 2.44 bits per heavy atom. The van der Waals surface area contributed by atoms with E-state index in [1.54, 1.807) is 26.0 Å². The number of esters is 1. The molecule has 1 atom stereocenters. The van der Waals surface area contributed by atoms with Gasteiger partial charge in [0.15, 0.2) is 0 Å². The number of hydrogen-bond donors (Lipinski definition) is 0. The second-order valence-electron chi connectivity index (χ2n) is 3.82. The Labute approximate surface area is 105 Å². The van der Waals surface area contributed by atoms with Crippen LogP contribution in [0.2, 0.25) is 0 Å². The highest BCUT2D eigenvalue weighted by Gasteiger charge is 2.18. The summed E-state index contributed by atoms with van der Waals surface area (Å²) in [6.07, 6.45) is 0. The zero-order chi connectivity index (χ0) is 13.7. The van der Waals surface area contributed by atoms with Gasteiger partial charge in [-0.2, -0.15) is 0 Å². The van der Waals surface area contributed by atoms with Crippen LogP contribution >= 0.6 is 0 Å². The maximum Gasteiger partial charge on any atom is 0.334 e. The summed E-state index contributed by atoms with van der Waals surface area (Å²) >= 11 is 0. The van der Waals surface area contributed by atoms with E-state index < -0.39 is 10.9 Å². The first-order valence-electron chi connectivity index (χ1n) is 5.57. The second-order valence-corrected chi connectivity index (χ2v) is 3.82. The second kappa shape index (κ2) is 5.95. The Bertz CT molecular complexity index is 464. The minimum absolute atomic E-state index is 0.0210. The molecule has 0 aliphatic heterocycles. The molecule has 0 heterocycles. The average Bonchev–Trinajstić information content (AvgIpc) is 2.37. The number of ether oxygens (including phenoxy) is 1. The first-order valence-corrected chi connectivity index (χ1v) is 5.57. The summed E-state index contributed by atoms with van der Waals surface area (Å²) in [7, 11) is 0. The fourth-order valence-corrected chi connectivity index (χ4v) is 1.49. The van der Waals surface area contributed by atoms with Crippen molar-refractivity contribution in [3.05, 3.63) is 52.1 Å². The smallest absolute Gasteiger partial charge is 0.334 e. The number of carbonyl (C=O) groups is 1. The number of non-ortho nitro benzene ring substituents is 1. The van der Waals surface area contributed by atoms with Gasteiger partial charge in [-0.05, 0) is 12.5 Å². The Morgan fingerprint density at radius 1 is 1.44 bits per heavy atom. The quantitative estimate of drug-likeness (QED) is 0.348. The molecule has 0 aromatic heterocycles. The van der Waals surface area contributed by atoms with Gasteiger partial charge in [-0.15, -0.1) is 0 Å². The summed E-state index contributed by atoms with van der Waals surface area (Å²) in [5, 5.41) is 10.5. The first kappa shape index (κ1) is 13.9. The van der Waals surface area contributed by atoms with Crippen LogP contribution in [0.25, 0.3) is 0 Å². The van der Waals surface area contributed by atoms with E-state index >= 15 is 0 Å². The van der Waals surface area contributed by atoms with Gasteiger partial charge in [0.2, 0.25) is 0 Å². The maximum atomic E-state index is 11.5. The highest BCUT2D eigenvalue weighted by molar-refractivity contribution is 5.89. The molecule has 5 heteroatoms. The van der Waals surface area contributed by atoms with E-state index in [4.69, 9.17) is 4.74 Å². The van der Waals surface area contributed by atoms with Gasteiger partial charge in [0, 0.05) is 23.6 Å². The van der Waals surface area contributed by atoms with E-state index in [2.05, 4.69) is 6.58 Å². The number of nitro groups is 1. The van der Waals surface area contributed by atoms with E-state index in [0.717, 1.165) is 5.56 Å². The lowest BCUT2D eigenvalue weighted by Crippen LogP contribution is -2.12. The molecule has 0 fully saturated rings. The third kappa shape index (κ3) is 3.16. The number of carbonyl (C=O) groups excluding carboxylic acids is 1. The topological polar surface area (TPSA) is 69.4 Å². The molecule has 0 bridgehead atoms. The van der Waals surface area contributed by atoms with Crippen LogP contribution in [0.5, 0.6) is 0 Å². The van der Waals surface area contributed by atoms with Crippen molar-refractivity contribution in [3.63, 3.8) is 0 Å². The van der Waals surface area contributed by atoms with E-state index in [1.165, 1.54) is 12.1 Å². The van der Waals surface area contributed by atoms with Crippen LogP contribution in [0.3, 0.4) is 0 Å². The van der Waals surface area contributed by atoms with Crippen molar-refractivity contribution in [1.82, 2.24) is 0 Å². The lowest BCUT2D eigenvalue weighted by Gasteiger charge is -2.13. The largest absolute Gasteiger partial charge is 0.463 e. The molecule has 1 aromatic rings. The van der Waals surface area contributed by atoms with Crippen LogP contribution in [-0.4, -0.2) is 17.5 Å². The molecule has 0 aliphatic rings. The fourth-order valence-electron chi connectivity index (χ4n) is 1.49. The molecule has 0 saturated heterocycles. The molecule has 1 rings (SSSR count). The first-order chi connectivity index (χ1) is 8.47. The highest BCUT2D eigenvalue weighted by Crippen LogP contribution is 2.25. The molecule has 1 aromatic carbocycles. The van der Waals surface area contributed by atoms with Crippen LogP contribution in [0.15, 0.2) is 36.4 Å². The number of nitrogens with zero attached hydrogens (tertiary/aromatic N) is 1. The van der Waals surface area contributed by atoms with E-state index in [0.29, 0.717) is 12.2 Å². The SMILES string of the molecule is C=C(C(=O)OCC)C(C)c1ccc([N+](=O)[O-])cc1. The zero-order valence-electron chi connectivity index (χ0n) is 10.4. The molecule has 0 amide bonds. The predicted octanol–water partition coefficient (Wildman–Crippen LogP) is 2.82. The predicted molar refractivity (Wildman–Crippen MR) is 67.3 cm³/mol. The molecule has 5 nitrogen and oxygen atoms in total. The van der Waals surface area contributed by atoms with Crippen molar-refractivity contribution < 1.29 is 14.5 Å². The van der Waals surface area contributed by atoms with Gasteiger partial charge in [0.1, 0.15) is 0 Å². The molecule has 0 spiro atoms. The Morgan fingerprint density at radius 2 is 2.00 bits per heavy atom. The molecule has 18 heavy (non-hydrogen) atoms. The number of rotatable bonds is 5. The minimum atomic E-state index is -0.464. The van der Waals surface area contributed by atoms with E-state index in [1.807, 2.05) is 0 Å². The zero-order valence-corrected chi connectivity index (χ0v) is 10.4.